The molecule has 0 spiro atoms. The summed E-state index contributed by atoms with van der Waals surface area (Å²) >= 11 is 0. The first-order valence-electron chi connectivity index (χ1n) is 7.07. The zero-order chi connectivity index (χ0) is 13.2. The monoisotopic (exact) mass is 256 g/mol. The molecule has 2 aliphatic rings. The zero-order valence-electron chi connectivity index (χ0n) is 11.1. The number of carbonyl (C=O) groups is 1. The lowest BCUT2D eigenvalue weighted by atomic mass is 9.93. The van der Waals surface area contributed by atoms with Crippen LogP contribution in [0.15, 0.2) is 30.4 Å². The Bertz CT molecular complexity index is 521. The van der Waals surface area contributed by atoms with E-state index in [0.29, 0.717) is 0 Å². The van der Waals surface area contributed by atoms with Crippen molar-refractivity contribution in [3.05, 3.63) is 41.5 Å². The maximum atomic E-state index is 12.3. The molecule has 0 radical (unpaired) electrons. The van der Waals surface area contributed by atoms with Crippen LogP contribution < -0.4 is 11.1 Å². The Kier molecular flexibility index (Phi) is 3.28. The molecule has 0 fully saturated rings. The van der Waals surface area contributed by atoms with Gasteiger partial charge in [-0.2, -0.15) is 0 Å². The molecule has 0 saturated carbocycles. The van der Waals surface area contributed by atoms with Gasteiger partial charge in [-0.1, -0.05) is 18.2 Å². The number of hydrogen-bond acceptors (Lipinski definition) is 2. The van der Waals surface area contributed by atoms with Crippen molar-refractivity contribution in [2.24, 2.45) is 5.92 Å². The predicted molar refractivity (Wildman–Crippen MR) is 76.5 cm³/mol. The zero-order valence-corrected chi connectivity index (χ0v) is 11.1. The quantitative estimate of drug-likeness (QED) is 0.631. The molecule has 19 heavy (non-hydrogen) atoms. The molecule has 3 rings (SSSR count). The number of allylic oxidation sites excluding steroid dienone is 2. The molecule has 0 heterocycles. The molecule has 0 saturated heterocycles. The van der Waals surface area contributed by atoms with Crippen LogP contribution in [0.4, 0.5) is 5.69 Å². The SMILES string of the molecule is Nc1ccc2c(c1)CCC2NC(=O)C1CC=CCC1. The summed E-state index contributed by atoms with van der Waals surface area (Å²) in [6.45, 7) is 0. The number of nitrogen functional groups attached to an aromatic ring is 1. The highest BCUT2D eigenvalue weighted by Crippen LogP contribution is 2.33. The Hall–Kier alpha value is -1.77. The average molecular weight is 256 g/mol. The third-order valence-electron chi connectivity index (χ3n) is 4.20. The minimum atomic E-state index is 0.155. The van der Waals surface area contributed by atoms with Crippen LogP contribution in [-0.2, 0) is 11.2 Å². The number of carbonyl (C=O) groups excluding carboxylic acids is 1. The van der Waals surface area contributed by atoms with Crippen molar-refractivity contribution in [2.75, 3.05) is 5.73 Å². The minimum Gasteiger partial charge on any atom is -0.399 e. The number of amides is 1. The van der Waals surface area contributed by atoms with Crippen LogP contribution in [0.25, 0.3) is 0 Å². The molecule has 2 atom stereocenters. The minimum absolute atomic E-state index is 0.155. The average Bonchev–Trinajstić information content (AvgIpc) is 2.82. The van der Waals surface area contributed by atoms with Crippen molar-refractivity contribution in [1.82, 2.24) is 5.32 Å². The molecule has 100 valence electrons. The second kappa shape index (κ2) is 5.08. The van der Waals surface area contributed by atoms with Crippen molar-refractivity contribution >= 4 is 11.6 Å². The summed E-state index contributed by atoms with van der Waals surface area (Å²) in [7, 11) is 0. The Morgan fingerprint density at radius 3 is 2.95 bits per heavy atom. The van der Waals surface area contributed by atoms with Gasteiger partial charge in [0.15, 0.2) is 0 Å². The van der Waals surface area contributed by atoms with Crippen molar-refractivity contribution in [1.29, 1.82) is 0 Å². The van der Waals surface area contributed by atoms with E-state index in [1.54, 1.807) is 0 Å². The van der Waals surface area contributed by atoms with Gasteiger partial charge in [0.1, 0.15) is 0 Å². The largest absolute Gasteiger partial charge is 0.399 e. The van der Waals surface area contributed by atoms with E-state index < -0.39 is 0 Å². The lowest BCUT2D eigenvalue weighted by Crippen LogP contribution is -2.33. The van der Waals surface area contributed by atoms with E-state index in [1.165, 1.54) is 11.1 Å². The van der Waals surface area contributed by atoms with Gasteiger partial charge in [-0.25, -0.2) is 0 Å². The molecule has 0 aromatic heterocycles. The molecule has 2 aliphatic carbocycles. The summed E-state index contributed by atoms with van der Waals surface area (Å²) in [5, 5.41) is 3.21. The fraction of sp³-hybridized carbons (Fsp3) is 0.438. The first kappa shape index (κ1) is 12.3. The highest BCUT2D eigenvalue weighted by Gasteiger charge is 2.27. The van der Waals surface area contributed by atoms with Crippen molar-refractivity contribution in [2.45, 2.75) is 38.1 Å². The number of benzene rings is 1. The first-order chi connectivity index (χ1) is 9.24. The smallest absolute Gasteiger partial charge is 0.223 e. The van der Waals surface area contributed by atoms with Gasteiger partial charge in [-0.3, -0.25) is 4.79 Å². The van der Waals surface area contributed by atoms with Crippen LogP contribution in [0.2, 0.25) is 0 Å². The number of anilines is 1. The van der Waals surface area contributed by atoms with Gasteiger partial charge in [-0.05, 0) is 55.4 Å². The molecular formula is C16H20N2O. The number of aryl methyl sites for hydroxylation is 1. The van der Waals surface area contributed by atoms with E-state index >= 15 is 0 Å². The summed E-state index contributed by atoms with van der Waals surface area (Å²) < 4.78 is 0. The third kappa shape index (κ3) is 2.50. The first-order valence-corrected chi connectivity index (χ1v) is 7.07. The lowest BCUT2D eigenvalue weighted by molar-refractivity contribution is -0.126. The Morgan fingerprint density at radius 2 is 2.16 bits per heavy atom. The van der Waals surface area contributed by atoms with Crippen LogP contribution in [0.3, 0.4) is 0 Å². The predicted octanol–water partition coefficient (Wildman–Crippen LogP) is 2.73. The fourth-order valence-electron chi connectivity index (χ4n) is 3.11. The van der Waals surface area contributed by atoms with E-state index in [4.69, 9.17) is 5.73 Å². The number of fused-ring (bicyclic) bond motifs is 1. The van der Waals surface area contributed by atoms with E-state index in [-0.39, 0.29) is 17.9 Å². The van der Waals surface area contributed by atoms with Gasteiger partial charge in [-0.15, -0.1) is 0 Å². The fourth-order valence-corrected chi connectivity index (χ4v) is 3.11. The molecular weight excluding hydrogens is 236 g/mol. The van der Waals surface area contributed by atoms with Gasteiger partial charge in [0, 0.05) is 11.6 Å². The highest BCUT2D eigenvalue weighted by molar-refractivity contribution is 5.79. The number of nitrogens with one attached hydrogen (secondary N) is 1. The van der Waals surface area contributed by atoms with E-state index in [2.05, 4.69) is 23.5 Å². The molecule has 1 amide bonds. The van der Waals surface area contributed by atoms with Crippen LogP contribution in [0.5, 0.6) is 0 Å². The number of nitrogens with two attached hydrogens (primary N) is 1. The Balaban J connectivity index is 1.69. The van der Waals surface area contributed by atoms with E-state index in [9.17, 15) is 4.79 Å². The number of hydrogen-bond donors (Lipinski definition) is 2. The second-order valence-corrected chi connectivity index (χ2v) is 5.54. The summed E-state index contributed by atoms with van der Waals surface area (Å²) in [4.78, 5) is 12.3. The van der Waals surface area contributed by atoms with Crippen molar-refractivity contribution < 1.29 is 4.79 Å². The lowest BCUT2D eigenvalue weighted by Gasteiger charge is -2.21. The molecule has 1 aromatic carbocycles. The topological polar surface area (TPSA) is 55.1 Å². The molecule has 3 nitrogen and oxygen atoms in total. The van der Waals surface area contributed by atoms with Crippen molar-refractivity contribution in [3.8, 4) is 0 Å². The van der Waals surface area contributed by atoms with Gasteiger partial charge in [0.25, 0.3) is 0 Å². The standard InChI is InChI=1S/C16H20N2O/c17-13-7-8-14-12(10-13)6-9-15(14)18-16(19)11-4-2-1-3-5-11/h1-2,7-8,10-11,15H,3-6,9,17H2,(H,18,19). The summed E-state index contributed by atoms with van der Waals surface area (Å²) in [5.41, 5.74) is 9.14. The van der Waals surface area contributed by atoms with E-state index in [0.717, 1.165) is 37.8 Å². The molecule has 3 heteroatoms. The molecule has 0 bridgehead atoms. The number of rotatable bonds is 2. The van der Waals surface area contributed by atoms with Gasteiger partial charge >= 0.3 is 0 Å². The van der Waals surface area contributed by atoms with Crippen LogP contribution in [0, 0.1) is 5.92 Å². The summed E-state index contributed by atoms with van der Waals surface area (Å²) in [6, 6.07) is 6.19. The molecule has 0 aliphatic heterocycles. The molecule has 2 unspecified atom stereocenters. The van der Waals surface area contributed by atoms with Gasteiger partial charge in [0.2, 0.25) is 5.91 Å². The van der Waals surface area contributed by atoms with Gasteiger partial charge in [0.05, 0.1) is 6.04 Å². The second-order valence-electron chi connectivity index (χ2n) is 5.54. The van der Waals surface area contributed by atoms with Crippen LogP contribution in [0.1, 0.15) is 42.9 Å². The maximum absolute atomic E-state index is 12.3. The summed E-state index contributed by atoms with van der Waals surface area (Å²) in [6.07, 6.45) is 9.17. The van der Waals surface area contributed by atoms with E-state index in [1.807, 2.05) is 12.1 Å². The molecule has 3 N–H and O–H groups in total. The normalized spacial score (nSPS) is 25.1. The van der Waals surface area contributed by atoms with Gasteiger partial charge < -0.3 is 11.1 Å². The third-order valence-corrected chi connectivity index (χ3v) is 4.20. The summed E-state index contributed by atoms with van der Waals surface area (Å²) in [5.74, 6) is 0.363. The highest BCUT2D eigenvalue weighted by atomic mass is 16.1. The van der Waals surface area contributed by atoms with Crippen LogP contribution >= 0.6 is 0 Å². The maximum Gasteiger partial charge on any atom is 0.223 e. The Labute approximate surface area is 113 Å². The van der Waals surface area contributed by atoms with Crippen molar-refractivity contribution in [3.63, 3.8) is 0 Å². The molecule has 1 aromatic rings. The van der Waals surface area contributed by atoms with Crippen LogP contribution in [-0.4, -0.2) is 5.91 Å². The Morgan fingerprint density at radius 1 is 1.26 bits per heavy atom.